The van der Waals surface area contributed by atoms with Crippen LogP contribution in [-0.2, 0) is 6.54 Å². The molecule has 0 aliphatic rings. The summed E-state index contributed by atoms with van der Waals surface area (Å²) < 4.78 is 19.7. The SMILES string of the molecule is COc1ccc(OC)c2sc(N(CCCn3ccnc3)C(=O)c3ccc(Br)o3)nc12. The van der Waals surface area contributed by atoms with E-state index < -0.39 is 0 Å². The molecular weight excluding hydrogens is 472 g/mol. The van der Waals surface area contributed by atoms with E-state index in [9.17, 15) is 4.79 Å². The third kappa shape index (κ3) is 4.05. The largest absolute Gasteiger partial charge is 0.495 e. The lowest BCUT2D eigenvalue weighted by Gasteiger charge is -2.18. The molecule has 0 spiro atoms. The highest BCUT2D eigenvalue weighted by atomic mass is 79.9. The highest BCUT2D eigenvalue weighted by molar-refractivity contribution is 9.10. The second-order valence-electron chi connectivity index (χ2n) is 6.36. The van der Waals surface area contributed by atoms with Crippen LogP contribution in [0.1, 0.15) is 17.0 Å². The first-order valence-corrected chi connectivity index (χ1v) is 10.8. The molecule has 30 heavy (non-hydrogen) atoms. The Hall–Kier alpha value is -2.85. The molecule has 1 amide bonds. The van der Waals surface area contributed by atoms with E-state index in [2.05, 4.69) is 20.9 Å². The van der Waals surface area contributed by atoms with Crippen molar-refractivity contribution in [2.24, 2.45) is 0 Å². The van der Waals surface area contributed by atoms with Gasteiger partial charge in [-0.2, -0.15) is 0 Å². The molecule has 0 fully saturated rings. The zero-order valence-corrected chi connectivity index (χ0v) is 18.8. The second kappa shape index (κ2) is 8.88. The van der Waals surface area contributed by atoms with Gasteiger partial charge in [0.25, 0.3) is 5.91 Å². The van der Waals surface area contributed by atoms with E-state index >= 15 is 0 Å². The van der Waals surface area contributed by atoms with Crippen molar-refractivity contribution in [3.63, 3.8) is 0 Å². The van der Waals surface area contributed by atoms with E-state index in [1.165, 1.54) is 11.3 Å². The number of imidazole rings is 1. The molecule has 0 bridgehead atoms. The maximum absolute atomic E-state index is 13.2. The summed E-state index contributed by atoms with van der Waals surface area (Å²) >= 11 is 4.64. The van der Waals surface area contributed by atoms with Gasteiger partial charge in [-0.05, 0) is 46.6 Å². The zero-order chi connectivity index (χ0) is 21.1. The quantitative estimate of drug-likeness (QED) is 0.358. The number of rotatable bonds is 8. The van der Waals surface area contributed by atoms with Gasteiger partial charge in [0.2, 0.25) is 0 Å². The summed E-state index contributed by atoms with van der Waals surface area (Å²) in [5.74, 6) is 1.28. The third-order valence-electron chi connectivity index (χ3n) is 4.52. The Morgan fingerprint density at radius 1 is 1.23 bits per heavy atom. The Kier molecular flexibility index (Phi) is 6.05. The van der Waals surface area contributed by atoms with Gasteiger partial charge in [-0.1, -0.05) is 11.3 Å². The molecule has 3 aromatic heterocycles. The predicted molar refractivity (Wildman–Crippen MR) is 118 cm³/mol. The summed E-state index contributed by atoms with van der Waals surface area (Å²) in [7, 11) is 3.20. The zero-order valence-electron chi connectivity index (χ0n) is 16.4. The number of thiazole rings is 1. The van der Waals surface area contributed by atoms with Crippen LogP contribution >= 0.6 is 27.3 Å². The number of carbonyl (C=O) groups excluding carboxylic acids is 1. The number of aromatic nitrogens is 3. The lowest BCUT2D eigenvalue weighted by molar-refractivity contribution is 0.0958. The fraction of sp³-hybridized carbons (Fsp3) is 0.250. The van der Waals surface area contributed by atoms with E-state index in [1.54, 1.807) is 49.8 Å². The Morgan fingerprint density at radius 3 is 2.70 bits per heavy atom. The average Bonchev–Trinajstić information content (AvgIpc) is 3.50. The van der Waals surface area contributed by atoms with Crippen LogP contribution in [0.3, 0.4) is 0 Å². The first-order chi connectivity index (χ1) is 14.6. The molecule has 0 saturated carbocycles. The number of anilines is 1. The molecule has 0 aliphatic heterocycles. The van der Waals surface area contributed by atoms with E-state index in [4.69, 9.17) is 18.9 Å². The Balaban J connectivity index is 1.69. The fourth-order valence-corrected chi connectivity index (χ4v) is 4.47. The number of benzene rings is 1. The number of hydrogen-bond acceptors (Lipinski definition) is 7. The third-order valence-corrected chi connectivity index (χ3v) is 6.04. The normalized spacial score (nSPS) is 11.0. The fourth-order valence-electron chi connectivity index (χ4n) is 3.07. The van der Waals surface area contributed by atoms with E-state index in [0.29, 0.717) is 39.8 Å². The van der Waals surface area contributed by atoms with Crippen LogP contribution in [0.15, 0.2) is 52.1 Å². The van der Waals surface area contributed by atoms with Crippen molar-refractivity contribution in [1.82, 2.24) is 14.5 Å². The molecule has 1 aromatic carbocycles. The number of fused-ring (bicyclic) bond motifs is 1. The monoisotopic (exact) mass is 490 g/mol. The Labute approximate surface area is 185 Å². The van der Waals surface area contributed by atoms with Gasteiger partial charge in [0.1, 0.15) is 21.7 Å². The maximum atomic E-state index is 13.2. The van der Waals surface area contributed by atoms with Crippen LogP contribution < -0.4 is 14.4 Å². The van der Waals surface area contributed by atoms with Crippen LogP contribution in [0.4, 0.5) is 5.13 Å². The molecule has 0 unspecified atom stereocenters. The highest BCUT2D eigenvalue weighted by Gasteiger charge is 2.25. The lowest BCUT2D eigenvalue weighted by Crippen LogP contribution is -2.32. The lowest BCUT2D eigenvalue weighted by atomic mass is 10.3. The maximum Gasteiger partial charge on any atom is 0.295 e. The summed E-state index contributed by atoms with van der Waals surface area (Å²) in [6.07, 6.45) is 6.09. The number of furan rings is 1. The smallest absolute Gasteiger partial charge is 0.295 e. The van der Waals surface area contributed by atoms with Crippen molar-refractivity contribution < 1.29 is 18.7 Å². The first kappa shape index (κ1) is 20.4. The average molecular weight is 491 g/mol. The molecule has 0 saturated heterocycles. The standard InChI is InChI=1S/C20H19BrN4O4S/c1-27-13-4-5-14(28-2)18-17(13)23-20(30-18)25(10-3-9-24-11-8-22-12-24)19(26)15-6-7-16(21)29-15/h4-8,11-12H,3,9-10H2,1-2H3. The summed E-state index contributed by atoms with van der Waals surface area (Å²) in [4.78, 5) is 23.6. The molecule has 156 valence electrons. The number of aryl methyl sites for hydroxylation is 1. The number of methoxy groups -OCH3 is 2. The number of carbonyl (C=O) groups is 1. The Morgan fingerprint density at radius 2 is 2.03 bits per heavy atom. The topological polar surface area (TPSA) is 82.6 Å². The predicted octanol–water partition coefficient (Wildman–Crippen LogP) is 4.60. The van der Waals surface area contributed by atoms with Crippen LogP contribution in [0.5, 0.6) is 11.5 Å². The van der Waals surface area contributed by atoms with Crippen LogP contribution in [0, 0.1) is 0 Å². The van der Waals surface area contributed by atoms with Crippen molar-refractivity contribution in [2.45, 2.75) is 13.0 Å². The van der Waals surface area contributed by atoms with Gasteiger partial charge >= 0.3 is 0 Å². The molecule has 0 aliphatic carbocycles. The number of ether oxygens (including phenoxy) is 2. The minimum absolute atomic E-state index is 0.239. The van der Waals surface area contributed by atoms with Gasteiger partial charge < -0.3 is 18.5 Å². The van der Waals surface area contributed by atoms with E-state index in [0.717, 1.165) is 11.2 Å². The molecule has 4 aromatic rings. The first-order valence-electron chi connectivity index (χ1n) is 9.15. The van der Waals surface area contributed by atoms with Crippen molar-refractivity contribution in [1.29, 1.82) is 0 Å². The molecule has 3 heterocycles. The molecular formula is C20H19BrN4O4S. The number of halogens is 1. The van der Waals surface area contributed by atoms with Crippen molar-refractivity contribution in [3.8, 4) is 11.5 Å². The van der Waals surface area contributed by atoms with E-state index in [1.807, 2.05) is 16.8 Å². The summed E-state index contributed by atoms with van der Waals surface area (Å²) in [5, 5.41) is 0.552. The molecule has 10 heteroatoms. The van der Waals surface area contributed by atoms with Gasteiger partial charge in [-0.3, -0.25) is 9.69 Å². The van der Waals surface area contributed by atoms with Gasteiger partial charge in [0.05, 0.1) is 20.5 Å². The molecule has 0 atom stereocenters. The second-order valence-corrected chi connectivity index (χ2v) is 8.12. The van der Waals surface area contributed by atoms with Crippen molar-refractivity contribution in [3.05, 3.63) is 53.4 Å². The highest BCUT2D eigenvalue weighted by Crippen LogP contribution is 2.40. The van der Waals surface area contributed by atoms with Crippen LogP contribution in [0.2, 0.25) is 0 Å². The minimum Gasteiger partial charge on any atom is -0.495 e. The van der Waals surface area contributed by atoms with Crippen molar-refractivity contribution >= 4 is 48.5 Å². The van der Waals surface area contributed by atoms with Gasteiger partial charge in [-0.15, -0.1) is 0 Å². The number of hydrogen-bond donors (Lipinski definition) is 0. The van der Waals surface area contributed by atoms with Crippen LogP contribution in [-0.4, -0.2) is 41.2 Å². The molecule has 0 N–H and O–H groups in total. The minimum atomic E-state index is -0.261. The van der Waals surface area contributed by atoms with Crippen molar-refractivity contribution in [2.75, 3.05) is 25.7 Å². The van der Waals surface area contributed by atoms with Crippen LogP contribution in [0.25, 0.3) is 10.2 Å². The van der Waals surface area contributed by atoms with Gasteiger partial charge in [-0.25, -0.2) is 9.97 Å². The summed E-state index contributed by atoms with van der Waals surface area (Å²) in [5.41, 5.74) is 0.657. The van der Waals surface area contributed by atoms with Gasteiger partial charge in [0, 0.05) is 25.5 Å². The van der Waals surface area contributed by atoms with Gasteiger partial charge in [0.15, 0.2) is 15.6 Å². The number of nitrogens with zero attached hydrogens (tertiary/aromatic N) is 4. The molecule has 4 rings (SSSR count). The summed E-state index contributed by atoms with van der Waals surface area (Å²) in [6, 6.07) is 6.97. The number of amides is 1. The molecule has 0 radical (unpaired) electrons. The molecule has 8 nitrogen and oxygen atoms in total. The van der Waals surface area contributed by atoms with E-state index in [-0.39, 0.29) is 11.7 Å². The Bertz CT molecular complexity index is 1110. The summed E-state index contributed by atoms with van der Waals surface area (Å²) in [6.45, 7) is 1.18.